The van der Waals surface area contributed by atoms with E-state index in [0.717, 1.165) is 22.8 Å². The fraction of sp³-hybridized carbons (Fsp3) is 0.318. The molecule has 1 N–H and O–H groups in total. The molecule has 152 valence electrons. The van der Waals surface area contributed by atoms with Gasteiger partial charge < -0.3 is 14.8 Å². The minimum absolute atomic E-state index is 0.158. The molecule has 7 nitrogen and oxygen atoms in total. The number of nitrogens with zero attached hydrogens (tertiary/aromatic N) is 3. The highest BCUT2D eigenvalue weighted by Gasteiger charge is 2.13. The van der Waals surface area contributed by atoms with E-state index in [1.807, 2.05) is 50.2 Å². The third-order valence-electron chi connectivity index (χ3n) is 4.29. The first kappa shape index (κ1) is 20.4. The maximum Gasteiger partial charge on any atom is 0.269 e. The van der Waals surface area contributed by atoms with Gasteiger partial charge in [0.15, 0.2) is 11.5 Å². The number of nitrogens with one attached hydrogen (secondary N) is 1. The predicted octanol–water partition coefficient (Wildman–Crippen LogP) is 3.10. The van der Waals surface area contributed by atoms with Crippen LogP contribution in [0.2, 0.25) is 0 Å². The van der Waals surface area contributed by atoms with Gasteiger partial charge in [-0.2, -0.15) is 5.10 Å². The highest BCUT2D eigenvalue weighted by atomic mass is 16.5. The lowest BCUT2D eigenvalue weighted by molar-refractivity contribution is 0.0944. The highest BCUT2D eigenvalue weighted by molar-refractivity contribution is 5.92. The zero-order valence-corrected chi connectivity index (χ0v) is 16.8. The minimum atomic E-state index is -0.158. The van der Waals surface area contributed by atoms with Crippen LogP contribution in [0, 0.1) is 0 Å². The molecule has 0 bridgehead atoms. The van der Waals surface area contributed by atoms with Crippen LogP contribution in [0.4, 0.5) is 0 Å². The number of pyridine rings is 1. The van der Waals surface area contributed by atoms with Gasteiger partial charge >= 0.3 is 0 Å². The maximum absolute atomic E-state index is 12.6. The molecule has 0 saturated heterocycles. The van der Waals surface area contributed by atoms with Crippen molar-refractivity contribution in [1.82, 2.24) is 20.1 Å². The van der Waals surface area contributed by atoms with E-state index in [9.17, 15) is 4.79 Å². The Morgan fingerprint density at radius 1 is 1.03 bits per heavy atom. The molecular formula is C22H26N4O3. The number of hydrogen-bond donors (Lipinski definition) is 1. The smallest absolute Gasteiger partial charge is 0.269 e. The maximum atomic E-state index is 12.6. The summed E-state index contributed by atoms with van der Waals surface area (Å²) in [5.41, 5.74) is 2.43. The van der Waals surface area contributed by atoms with Crippen molar-refractivity contribution in [2.24, 2.45) is 0 Å². The number of carbonyl (C=O) groups excluding carboxylic acids is 1. The first-order chi connectivity index (χ1) is 14.2. The van der Waals surface area contributed by atoms with Crippen molar-refractivity contribution in [1.29, 1.82) is 0 Å². The van der Waals surface area contributed by atoms with Crippen molar-refractivity contribution in [3.8, 4) is 11.5 Å². The van der Waals surface area contributed by atoms with E-state index in [0.29, 0.717) is 38.4 Å². The summed E-state index contributed by atoms with van der Waals surface area (Å²) < 4.78 is 12.9. The SMILES string of the molecule is CCOc1ccc(CCNC(=O)c2ccnn2Cc2ccccn2)cc1OCC. The molecule has 29 heavy (non-hydrogen) atoms. The first-order valence-electron chi connectivity index (χ1n) is 9.79. The van der Waals surface area contributed by atoms with Crippen molar-refractivity contribution in [2.75, 3.05) is 19.8 Å². The normalized spacial score (nSPS) is 10.6. The largest absolute Gasteiger partial charge is 0.490 e. The summed E-state index contributed by atoms with van der Waals surface area (Å²) in [6, 6.07) is 13.3. The van der Waals surface area contributed by atoms with Gasteiger partial charge in [0.05, 0.1) is 25.5 Å². The Kier molecular flexibility index (Phi) is 7.22. The monoisotopic (exact) mass is 394 g/mol. The second-order valence-electron chi connectivity index (χ2n) is 6.35. The standard InChI is InChI=1S/C22H26N4O3/c1-3-28-20-9-8-17(15-21(20)29-4-2)10-13-24-22(27)19-11-14-25-26(19)16-18-7-5-6-12-23-18/h5-9,11-12,14-15H,3-4,10,13,16H2,1-2H3,(H,24,27). The Labute approximate surface area is 170 Å². The van der Waals surface area contributed by atoms with E-state index in [2.05, 4.69) is 15.4 Å². The predicted molar refractivity (Wildman–Crippen MR) is 110 cm³/mol. The average Bonchev–Trinajstić information content (AvgIpc) is 3.19. The third-order valence-corrected chi connectivity index (χ3v) is 4.29. The van der Waals surface area contributed by atoms with Crippen molar-refractivity contribution in [3.63, 3.8) is 0 Å². The molecule has 0 saturated carbocycles. The summed E-state index contributed by atoms with van der Waals surface area (Å²) >= 11 is 0. The van der Waals surface area contributed by atoms with Gasteiger partial charge in [-0.25, -0.2) is 0 Å². The third kappa shape index (κ3) is 5.57. The van der Waals surface area contributed by atoms with Crippen molar-refractivity contribution < 1.29 is 14.3 Å². The lowest BCUT2D eigenvalue weighted by Gasteiger charge is -2.13. The molecular weight excluding hydrogens is 368 g/mol. The van der Waals surface area contributed by atoms with Gasteiger partial charge in [0.2, 0.25) is 0 Å². The number of carbonyl (C=O) groups is 1. The highest BCUT2D eigenvalue weighted by Crippen LogP contribution is 2.28. The van der Waals surface area contributed by atoms with Gasteiger partial charge in [0.1, 0.15) is 5.69 Å². The number of amides is 1. The molecule has 7 heteroatoms. The number of rotatable bonds is 10. The van der Waals surface area contributed by atoms with E-state index < -0.39 is 0 Å². The van der Waals surface area contributed by atoms with Gasteiger partial charge in [0.25, 0.3) is 5.91 Å². The molecule has 1 amide bonds. The van der Waals surface area contributed by atoms with Crippen molar-refractivity contribution in [3.05, 3.63) is 71.8 Å². The van der Waals surface area contributed by atoms with Crippen LogP contribution in [-0.4, -0.2) is 40.4 Å². The topological polar surface area (TPSA) is 78.3 Å². The molecule has 3 rings (SSSR count). The van der Waals surface area contributed by atoms with Gasteiger partial charge in [0, 0.05) is 18.9 Å². The zero-order valence-electron chi connectivity index (χ0n) is 16.8. The number of aromatic nitrogens is 3. The molecule has 0 fully saturated rings. The summed E-state index contributed by atoms with van der Waals surface area (Å²) in [6.07, 6.45) is 4.04. The molecule has 0 atom stereocenters. The zero-order chi connectivity index (χ0) is 20.5. The lowest BCUT2D eigenvalue weighted by Crippen LogP contribution is -2.28. The molecule has 0 radical (unpaired) electrons. The summed E-state index contributed by atoms with van der Waals surface area (Å²) in [4.78, 5) is 16.9. The second-order valence-corrected chi connectivity index (χ2v) is 6.35. The Morgan fingerprint density at radius 2 is 1.86 bits per heavy atom. The van der Waals surface area contributed by atoms with Gasteiger partial charge in [-0.05, 0) is 56.2 Å². The molecule has 0 aliphatic rings. The molecule has 1 aromatic carbocycles. The first-order valence-corrected chi connectivity index (χ1v) is 9.79. The van der Waals surface area contributed by atoms with Crippen LogP contribution in [-0.2, 0) is 13.0 Å². The van der Waals surface area contributed by atoms with E-state index in [-0.39, 0.29) is 5.91 Å². The van der Waals surface area contributed by atoms with E-state index in [1.165, 1.54) is 0 Å². The van der Waals surface area contributed by atoms with Crippen LogP contribution in [0.5, 0.6) is 11.5 Å². The molecule has 0 aliphatic heterocycles. The van der Waals surface area contributed by atoms with Crippen LogP contribution in [0.25, 0.3) is 0 Å². The quantitative estimate of drug-likeness (QED) is 0.572. The van der Waals surface area contributed by atoms with Crippen LogP contribution in [0.3, 0.4) is 0 Å². The Morgan fingerprint density at radius 3 is 2.62 bits per heavy atom. The fourth-order valence-electron chi connectivity index (χ4n) is 2.96. The number of benzene rings is 1. The van der Waals surface area contributed by atoms with Crippen molar-refractivity contribution >= 4 is 5.91 Å². The molecule has 0 spiro atoms. The minimum Gasteiger partial charge on any atom is -0.490 e. The van der Waals surface area contributed by atoms with E-state index in [4.69, 9.17) is 9.47 Å². The van der Waals surface area contributed by atoms with Gasteiger partial charge in [-0.15, -0.1) is 0 Å². The Bertz CT molecular complexity index is 925. The van der Waals surface area contributed by atoms with Crippen LogP contribution < -0.4 is 14.8 Å². The summed E-state index contributed by atoms with van der Waals surface area (Å²) in [5, 5.41) is 7.20. The molecule has 2 heterocycles. The summed E-state index contributed by atoms with van der Waals surface area (Å²) in [6.45, 7) is 6.00. The van der Waals surface area contributed by atoms with Crippen LogP contribution in [0.15, 0.2) is 54.9 Å². The van der Waals surface area contributed by atoms with Gasteiger partial charge in [-0.1, -0.05) is 12.1 Å². The lowest BCUT2D eigenvalue weighted by atomic mass is 10.1. The molecule has 3 aromatic rings. The number of hydrogen-bond acceptors (Lipinski definition) is 5. The van der Waals surface area contributed by atoms with E-state index >= 15 is 0 Å². The van der Waals surface area contributed by atoms with Crippen molar-refractivity contribution in [2.45, 2.75) is 26.8 Å². The fourth-order valence-corrected chi connectivity index (χ4v) is 2.96. The molecule has 0 unspecified atom stereocenters. The average molecular weight is 394 g/mol. The van der Waals surface area contributed by atoms with Crippen LogP contribution in [0.1, 0.15) is 35.6 Å². The molecule has 0 aliphatic carbocycles. The van der Waals surface area contributed by atoms with Crippen LogP contribution >= 0.6 is 0 Å². The Balaban J connectivity index is 1.58. The summed E-state index contributed by atoms with van der Waals surface area (Å²) in [5.74, 6) is 1.31. The van der Waals surface area contributed by atoms with Gasteiger partial charge in [-0.3, -0.25) is 14.5 Å². The second kappa shape index (κ2) is 10.3. The Hall–Kier alpha value is -3.35. The number of ether oxygens (including phenoxy) is 2. The van der Waals surface area contributed by atoms with E-state index in [1.54, 1.807) is 23.1 Å². The molecule has 2 aromatic heterocycles. The summed E-state index contributed by atoms with van der Waals surface area (Å²) in [7, 11) is 0.